The molecule has 0 unspecified atom stereocenters. The number of benzene rings is 2. The lowest BCUT2D eigenvalue weighted by Gasteiger charge is -2.15. The summed E-state index contributed by atoms with van der Waals surface area (Å²) < 4.78 is 24.6. The van der Waals surface area contributed by atoms with Crippen LogP contribution in [0.25, 0.3) is 0 Å². The molecule has 0 aliphatic carbocycles. The third kappa shape index (κ3) is 5.26. The van der Waals surface area contributed by atoms with E-state index in [1.165, 1.54) is 0 Å². The minimum Gasteiger partial charge on any atom is -0.346 e. The van der Waals surface area contributed by atoms with Crippen molar-refractivity contribution in [2.75, 3.05) is 11.0 Å². The van der Waals surface area contributed by atoms with E-state index < -0.39 is 10.0 Å². The molecule has 0 aliphatic heterocycles. The van der Waals surface area contributed by atoms with Crippen LogP contribution in [-0.4, -0.2) is 20.6 Å². The quantitative estimate of drug-likeness (QED) is 0.867. The molecule has 0 saturated carbocycles. The molecule has 0 bridgehead atoms. The maximum atomic E-state index is 12.2. The Bertz CT molecular complexity index is 804. The van der Waals surface area contributed by atoms with E-state index in [4.69, 9.17) is 11.6 Å². The van der Waals surface area contributed by atoms with Gasteiger partial charge >= 0.3 is 0 Å². The van der Waals surface area contributed by atoms with Gasteiger partial charge in [0.25, 0.3) is 5.91 Å². The van der Waals surface area contributed by atoms with Gasteiger partial charge in [-0.2, -0.15) is 0 Å². The van der Waals surface area contributed by atoms with Crippen LogP contribution in [0.3, 0.4) is 0 Å². The molecule has 2 aromatic carbocycles. The summed E-state index contributed by atoms with van der Waals surface area (Å²) in [7, 11) is -3.33. The number of hydrogen-bond donors (Lipinski definition) is 2. The summed E-state index contributed by atoms with van der Waals surface area (Å²) >= 11 is 5.94. The van der Waals surface area contributed by atoms with Gasteiger partial charge < -0.3 is 5.32 Å². The number of carbonyl (C=O) groups excluding carboxylic acids is 1. The largest absolute Gasteiger partial charge is 0.346 e. The van der Waals surface area contributed by atoms with Gasteiger partial charge in [-0.15, -0.1) is 0 Å². The number of sulfonamides is 1. The van der Waals surface area contributed by atoms with Gasteiger partial charge in [-0.25, -0.2) is 8.42 Å². The second kappa shape index (κ2) is 7.02. The summed E-state index contributed by atoms with van der Waals surface area (Å²) in [6.07, 6.45) is 1.07. The maximum absolute atomic E-state index is 12.2. The lowest BCUT2D eigenvalue weighted by Crippen LogP contribution is -2.26. The third-order valence-electron chi connectivity index (χ3n) is 3.15. The maximum Gasteiger partial charge on any atom is 0.251 e. The van der Waals surface area contributed by atoms with Gasteiger partial charge in [0.1, 0.15) is 0 Å². The molecule has 0 heterocycles. The highest BCUT2D eigenvalue weighted by atomic mass is 35.5. The molecular weight excluding hydrogens is 336 g/mol. The smallest absolute Gasteiger partial charge is 0.251 e. The van der Waals surface area contributed by atoms with E-state index in [1.54, 1.807) is 36.4 Å². The van der Waals surface area contributed by atoms with E-state index in [1.807, 2.05) is 19.1 Å². The van der Waals surface area contributed by atoms with Crippen LogP contribution in [0.1, 0.15) is 28.9 Å². The zero-order valence-electron chi connectivity index (χ0n) is 12.7. The van der Waals surface area contributed by atoms with Crippen LogP contribution >= 0.6 is 11.6 Å². The fraction of sp³-hybridized carbons (Fsp3) is 0.188. The van der Waals surface area contributed by atoms with E-state index in [0.29, 0.717) is 16.3 Å². The third-order valence-corrected chi connectivity index (χ3v) is 3.99. The van der Waals surface area contributed by atoms with E-state index in [-0.39, 0.29) is 11.9 Å². The Hall–Kier alpha value is -2.05. The summed E-state index contributed by atoms with van der Waals surface area (Å²) in [5.74, 6) is -0.247. The molecule has 0 radical (unpaired) electrons. The number of nitrogens with one attached hydrogen (secondary N) is 2. The first-order chi connectivity index (χ1) is 10.7. The van der Waals surface area contributed by atoms with Crippen molar-refractivity contribution >= 4 is 33.2 Å². The van der Waals surface area contributed by atoms with Gasteiger partial charge in [-0.3, -0.25) is 9.52 Å². The summed E-state index contributed by atoms with van der Waals surface area (Å²) in [6.45, 7) is 1.86. The van der Waals surface area contributed by atoms with Crippen LogP contribution in [0.15, 0.2) is 48.5 Å². The molecule has 0 fully saturated rings. The Kier molecular flexibility index (Phi) is 5.28. The Morgan fingerprint density at radius 2 is 1.78 bits per heavy atom. The standard InChI is InChI=1S/C16H17ClN2O3S/c1-11(13-4-3-5-14(17)10-13)18-16(20)12-6-8-15(9-7-12)19-23(2,21)22/h3-11,19H,1-2H3,(H,18,20)/t11-/m1/s1. The molecule has 2 aromatic rings. The van der Waals surface area contributed by atoms with Gasteiger partial charge in [-0.1, -0.05) is 23.7 Å². The van der Waals surface area contributed by atoms with Crippen molar-refractivity contribution in [2.45, 2.75) is 13.0 Å². The Balaban J connectivity index is 2.06. The fourth-order valence-corrected chi connectivity index (χ4v) is 2.81. The number of hydrogen-bond acceptors (Lipinski definition) is 3. The molecular formula is C16H17ClN2O3S. The van der Waals surface area contributed by atoms with Gasteiger partial charge in [0.15, 0.2) is 0 Å². The normalized spacial score (nSPS) is 12.5. The van der Waals surface area contributed by atoms with Crippen LogP contribution in [-0.2, 0) is 10.0 Å². The predicted octanol–water partition coefficient (Wildman–Crippen LogP) is 3.20. The van der Waals surface area contributed by atoms with E-state index >= 15 is 0 Å². The van der Waals surface area contributed by atoms with Crippen molar-refractivity contribution in [3.63, 3.8) is 0 Å². The molecule has 1 atom stereocenters. The SMILES string of the molecule is C[C@@H](NC(=O)c1ccc(NS(C)(=O)=O)cc1)c1cccc(Cl)c1. The lowest BCUT2D eigenvalue weighted by molar-refractivity contribution is 0.0940. The second-order valence-electron chi connectivity index (χ2n) is 5.20. The fourth-order valence-electron chi connectivity index (χ4n) is 2.04. The summed E-state index contributed by atoms with van der Waals surface area (Å²) in [6, 6.07) is 13.3. The number of halogens is 1. The van der Waals surface area contributed by atoms with Gasteiger partial charge in [-0.05, 0) is 48.9 Å². The number of amides is 1. The molecule has 0 aromatic heterocycles. The molecule has 122 valence electrons. The van der Waals surface area contributed by atoms with E-state index in [0.717, 1.165) is 11.8 Å². The lowest BCUT2D eigenvalue weighted by atomic mass is 10.1. The molecule has 2 rings (SSSR count). The summed E-state index contributed by atoms with van der Waals surface area (Å²) in [5, 5.41) is 3.48. The van der Waals surface area contributed by atoms with Crippen molar-refractivity contribution in [1.29, 1.82) is 0 Å². The van der Waals surface area contributed by atoms with Crippen LogP contribution in [0.5, 0.6) is 0 Å². The first kappa shape index (κ1) is 17.3. The molecule has 5 nitrogen and oxygen atoms in total. The molecule has 2 N–H and O–H groups in total. The van der Waals surface area contributed by atoms with E-state index in [9.17, 15) is 13.2 Å². The number of carbonyl (C=O) groups is 1. The minimum atomic E-state index is -3.33. The topological polar surface area (TPSA) is 75.3 Å². The Morgan fingerprint density at radius 3 is 2.35 bits per heavy atom. The van der Waals surface area contributed by atoms with Crippen molar-refractivity contribution in [2.24, 2.45) is 0 Å². The summed E-state index contributed by atoms with van der Waals surface area (Å²) in [5.41, 5.74) is 1.76. The molecule has 23 heavy (non-hydrogen) atoms. The zero-order valence-corrected chi connectivity index (χ0v) is 14.3. The number of anilines is 1. The minimum absolute atomic E-state index is 0.199. The van der Waals surface area contributed by atoms with Crippen LogP contribution < -0.4 is 10.0 Å². The predicted molar refractivity (Wildman–Crippen MR) is 92.2 cm³/mol. The summed E-state index contributed by atoms with van der Waals surface area (Å²) in [4.78, 5) is 12.2. The molecule has 0 aliphatic rings. The van der Waals surface area contributed by atoms with Crippen LogP contribution in [0, 0.1) is 0 Å². The van der Waals surface area contributed by atoms with Crippen molar-refractivity contribution in [3.05, 3.63) is 64.7 Å². The molecule has 0 spiro atoms. The van der Waals surface area contributed by atoms with Gasteiger partial charge in [0.05, 0.1) is 12.3 Å². The van der Waals surface area contributed by atoms with Crippen molar-refractivity contribution < 1.29 is 13.2 Å². The Morgan fingerprint density at radius 1 is 1.13 bits per heavy atom. The van der Waals surface area contributed by atoms with Gasteiger partial charge in [0, 0.05) is 16.3 Å². The highest BCUT2D eigenvalue weighted by Gasteiger charge is 2.12. The average Bonchev–Trinajstić information content (AvgIpc) is 2.46. The zero-order chi connectivity index (χ0) is 17.0. The number of rotatable bonds is 5. The molecule has 1 amide bonds. The average molecular weight is 353 g/mol. The highest BCUT2D eigenvalue weighted by molar-refractivity contribution is 7.92. The van der Waals surface area contributed by atoms with Crippen LogP contribution in [0.2, 0.25) is 5.02 Å². The second-order valence-corrected chi connectivity index (χ2v) is 7.39. The highest BCUT2D eigenvalue weighted by Crippen LogP contribution is 2.18. The van der Waals surface area contributed by atoms with Crippen molar-refractivity contribution in [1.82, 2.24) is 5.32 Å². The van der Waals surface area contributed by atoms with Gasteiger partial charge in [0.2, 0.25) is 10.0 Å². The monoisotopic (exact) mass is 352 g/mol. The van der Waals surface area contributed by atoms with Crippen LogP contribution in [0.4, 0.5) is 5.69 Å². The van der Waals surface area contributed by atoms with E-state index in [2.05, 4.69) is 10.0 Å². The molecule has 7 heteroatoms. The first-order valence-corrected chi connectivity index (χ1v) is 9.16. The molecule has 0 saturated heterocycles. The Labute approximate surface area is 140 Å². The first-order valence-electron chi connectivity index (χ1n) is 6.89. The van der Waals surface area contributed by atoms with Crippen molar-refractivity contribution in [3.8, 4) is 0 Å².